The Morgan fingerprint density at radius 2 is 0.654 bits per heavy atom. The number of thiophene rings is 1. The Hall–Kier alpha value is -4.41. The number of rotatable bonds is 10. The molecule has 0 saturated heterocycles. The van der Waals surface area contributed by atoms with E-state index in [4.69, 9.17) is 30.2 Å². The fraction of sp³-hybridized carbons (Fsp3) is 0.0455. The molecule has 52 heavy (non-hydrogen) atoms. The van der Waals surface area contributed by atoms with Gasteiger partial charge in [-0.25, -0.2) is 0 Å². The van der Waals surface area contributed by atoms with Crippen LogP contribution in [0, 0.1) is 0 Å². The molecule has 1 heterocycles. The van der Waals surface area contributed by atoms with Crippen LogP contribution in [0.2, 0.25) is 0 Å². The zero-order valence-electron chi connectivity index (χ0n) is 28.9. The normalized spacial score (nSPS) is 11.5. The summed E-state index contributed by atoms with van der Waals surface area (Å²) in [4.78, 5) is 12.3. The SMILES string of the molecule is CC(=Nc1ccc(B(c2ccccc2)c2ccccc2)cc1)c1ccc(C(C)=Nc2ccc(B(c3ccccc3)c3ccccc3)cc2)s1.[Cl][Fe][Cl]. The standard InChI is InChI=1S/C44H36B2N2S.2ClH.Fe/c1-33(47-41-27-23-39(24-28-41)45(35-15-7-3-8-16-35)36-17-9-4-10-18-36)43-31-32-44(49-43)34(2)48-42-29-25-40(26-30-42)46(37-19-11-5-12-20-37)38-21-13-6-14-22-38;;;/h3-32H,1-2H3;2*1H;/q;;;+2/p-2. The van der Waals surface area contributed by atoms with E-state index in [9.17, 15) is 0 Å². The van der Waals surface area contributed by atoms with Crippen molar-refractivity contribution in [3.8, 4) is 0 Å². The van der Waals surface area contributed by atoms with Gasteiger partial charge in [-0.1, -0.05) is 178 Å². The van der Waals surface area contributed by atoms with Crippen molar-refractivity contribution in [2.75, 3.05) is 0 Å². The summed E-state index contributed by atoms with van der Waals surface area (Å²) in [6.07, 6.45) is 0. The molecule has 0 aliphatic rings. The van der Waals surface area contributed by atoms with Crippen molar-refractivity contribution in [3.63, 3.8) is 0 Å². The topological polar surface area (TPSA) is 24.7 Å². The number of hydrogen-bond donors (Lipinski definition) is 0. The Balaban J connectivity index is 0.00000150. The summed E-state index contributed by atoms with van der Waals surface area (Å²) in [6, 6.07) is 64.4. The molecule has 0 aliphatic carbocycles. The quantitative estimate of drug-likeness (QED) is 0.0986. The van der Waals surface area contributed by atoms with E-state index in [1.54, 1.807) is 11.3 Å². The van der Waals surface area contributed by atoms with E-state index in [0.29, 0.717) is 0 Å². The number of halogens is 2. The Morgan fingerprint density at radius 3 is 0.923 bits per heavy atom. The fourth-order valence-corrected chi connectivity index (χ4v) is 7.34. The molecular weight excluding hydrogens is 737 g/mol. The zero-order valence-corrected chi connectivity index (χ0v) is 32.3. The Bertz CT molecular complexity index is 1960. The average molecular weight is 773 g/mol. The van der Waals surface area contributed by atoms with Gasteiger partial charge < -0.3 is 0 Å². The molecule has 256 valence electrons. The second-order valence-corrected chi connectivity index (χ2v) is 15.2. The van der Waals surface area contributed by atoms with Crippen molar-refractivity contribution >= 4 is 101 Å². The summed E-state index contributed by atoms with van der Waals surface area (Å²) in [5.74, 6) is 0. The summed E-state index contributed by atoms with van der Waals surface area (Å²) < 4.78 is 0. The van der Waals surface area contributed by atoms with Gasteiger partial charge in [-0.15, -0.1) is 11.3 Å². The molecular formula is C44H36B2Cl2FeN2S. The molecule has 2 nitrogen and oxygen atoms in total. The van der Waals surface area contributed by atoms with Crippen LogP contribution in [-0.2, 0) is 13.1 Å². The number of benzene rings is 6. The zero-order chi connectivity index (χ0) is 36.1. The predicted molar refractivity (Wildman–Crippen MR) is 228 cm³/mol. The predicted octanol–water partition coefficient (Wildman–Crippen LogP) is 8.44. The van der Waals surface area contributed by atoms with Crippen molar-refractivity contribution in [1.29, 1.82) is 0 Å². The van der Waals surface area contributed by atoms with Crippen molar-refractivity contribution in [3.05, 3.63) is 192 Å². The molecule has 0 amide bonds. The maximum absolute atomic E-state index is 5.00. The van der Waals surface area contributed by atoms with Crippen LogP contribution in [0.1, 0.15) is 23.6 Å². The van der Waals surface area contributed by atoms with Crippen molar-refractivity contribution in [1.82, 2.24) is 0 Å². The van der Waals surface area contributed by atoms with Crippen LogP contribution in [0.25, 0.3) is 0 Å². The molecule has 0 bridgehead atoms. The molecule has 0 radical (unpaired) electrons. The van der Waals surface area contributed by atoms with Crippen LogP contribution in [0.4, 0.5) is 11.4 Å². The monoisotopic (exact) mass is 772 g/mol. The first-order valence-electron chi connectivity index (χ1n) is 17.0. The van der Waals surface area contributed by atoms with Crippen LogP contribution in [-0.4, -0.2) is 24.8 Å². The molecule has 8 heteroatoms. The molecule has 0 N–H and O–H groups in total. The third-order valence-corrected chi connectivity index (χ3v) is 10.2. The number of nitrogens with zero attached hydrogens (tertiary/aromatic N) is 2. The first kappa shape index (κ1) is 37.3. The van der Waals surface area contributed by atoms with Gasteiger partial charge in [0.25, 0.3) is 0 Å². The summed E-state index contributed by atoms with van der Waals surface area (Å²) in [7, 11) is 9.53. The summed E-state index contributed by atoms with van der Waals surface area (Å²) >= 11 is 1.93. The summed E-state index contributed by atoms with van der Waals surface area (Å²) in [5, 5.41) is 0. The van der Waals surface area contributed by atoms with Crippen LogP contribution < -0.4 is 32.8 Å². The van der Waals surface area contributed by atoms with Crippen LogP contribution in [0.15, 0.2) is 192 Å². The van der Waals surface area contributed by atoms with Crippen molar-refractivity contribution in [2.24, 2.45) is 9.98 Å². The van der Waals surface area contributed by atoms with Gasteiger partial charge in [-0.05, 0) is 50.2 Å². The second kappa shape index (κ2) is 18.9. The average Bonchev–Trinajstić information content (AvgIpc) is 3.70. The van der Waals surface area contributed by atoms with E-state index in [1.165, 1.54) is 32.8 Å². The van der Waals surface area contributed by atoms with E-state index >= 15 is 0 Å². The molecule has 0 aliphatic heterocycles. The van der Waals surface area contributed by atoms with E-state index in [2.05, 4.69) is 196 Å². The van der Waals surface area contributed by atoms with Gasteiger partial charge in [0.05, 0.1) is 22.8 Å². The van der Waals surface area contributed by atoms with Gasteiger partial charge >= 0.3 is 33.3 Å². The summed E-state index contributed by atoms with van der Waals surface area (Å²) in [6.45, 7) is 4.52. The Labute approximate surface area is 327 Å². The van der Waals surface area contributed by atoms with Crippen LogP contribution in [0.3, 0.4) is 0 Å². The third-order valence-electron chi connectivity index (χ3n) is 8.90. The molecule has 0 spiro atoms. The van der Waals surface area contributed by atoms with Crippen molar-refractivity contribution < 1.29 is 13.1 Å². The Kier molecular flexibility index (Phi) is 13.6. The molecule has 0 unspecified atom stereocenters. The van der Waals surface area contributed by atoms with Gasteiger partial charge in [0.2, 0.25) is 13.4 Å². The number of aliphatic imine (C=N–C) groups is 2. The van der Waals surface area contributed by atoms with Crippen LogP contribution in [0.5, 0.6) is 0 Å². The van der Waals surface area contributed by atoms with Gasteiger partial charge in [0.15, 0.2) is 0 Å². The van der Waals surface area contributed by atoms with Gasteiger partial charge in [0, 0.05) is 9.75 Å². The fourth-order valence-electron chi connectivity index (χ4n) is 6.44. The minimum atomic E-state index is 0.175. The van der Waals surface area contributed by atoms with E-state index < -0.39 is 0 Å². The number of hydrogen-bond acceptors (Lipinski definition) is 3. The summed E-state index contributed by atoms with van der Waals surface area (Å²) in [5.41, 5.74) is 11.5. The molecule has 1 aromatic heterocycles. The van der Waals surface area contributed by atoms with Gasteiger partial charge in [-0.3, -0.25) is 9.98 Å². The second-order valence-electron chi connectivity index (χ2n) is 12.3. The molecule has 0 saturated carbocycles. The van der Waals surface area contributed by atoms with E-state index in [0.717, 1.165) is 32.6 Å². The molecule has 7 aromatic rings. The maximum atomic E-state index is 5.00. The molecule has 6 aromatic carbocycles. The Morgan fingerprint density at radius 1 is 0.404 bits per heavy atom. The first-order valence-corrected chi connectivity index (χ1v) is 20.9. The molecule has 0 fully saturated rings. The van der Waals surface area contributed by atoms with Crippen LogP contribution >= 0.6 is 31.5 Å². The van der Waals surface area contributed by atoms with E-state index in [1.807, 2.05) is 0 Å². The van der Waals surface area contributed by atoms with Gasteiger partial charge in [-0.2, -0.15) is 0 Å². The van der Waals surface area contributed by atoms with Crippen molar-refractivity contribution in [2.45, 2.75) is 13.8 Å². The minimum absolute atomic E-state index is 0.175. The molecule has 7 rings (SSSR count). The van der Waals surface area contributed by atoms with Gasteiger partial charge in [0.1, 0.15) is 0 Å². The third kappa shape index (κ3) is 9.72. The molecule has 0 atom stereocenters. The first-order chi connectivity index (χ1) is 25.5. The van der Waals surface area contributed by atoms with E-state index in [-0.39, 0.29) is 26.6 Å².